The zero-order chi connectivity index (χ0) is 23.0. The molecule has 0 saturated heterocycles. The van der Waals surface area contributed by atoms with Crippen molar-refractivity contribution in [2.24, 2.45) is 10.2 Å². The summed E-state index contributed by atoms with van der Waals surface area (Å²) < 4.78 is 28.6. The van der Waals surface area contributed by atoms with E-state index in [-0.39, 0.29) is 16.4 Å². The van der Waals surface area contributed by atoms with Crippen LogP contribution in [0.25, 0.3) is 17.4 Å². The van der Waals surface area contributed by atoms with Crippen LogP contribution in [0.3, 0.4) is 0 Å². The second-order valence-electron chi connectivity index (χ2n) is 6.98. The second kappa shape index (κ2) is 7.91. The number of anilines is 1. The van der Waals surface area contributed by atoms with E-state index >= 15 is 0 Å². The summed E-state index contributed by atoms with van der Waals surface area (Å²) in [5.74, 6) is -0.533. The quantitative estimate of drug-likeness (QED) is 0.571. The molecule has 0 bridgehead atoms. The number of hydrogen-bond donors (Lipinski definition) is 2. The third kappa shape index (κ3) is 4.09. The highest BCUT2D eigenvalue weighted by Crippen LogP contribution is 2.28. The summed E-state index contributed by atoms with van der Waals surface area (Å²) in [6.07, 6.45) is 1.56. The molecule has 162 valence electrons. The van der Waals surface area contributed by atoms with Crippen molar-refractivity contribution in [3.05, 3.63) is 77.6 Å². The molecule has 10 heteroatoms. The fraction of sp³-hybridized carbons (Fsp3) is 0.0455. The number of carbonyl (C=O) groups excluding carboxylic acids is 1. The van der Waals surface area contributed by atoms with Gasteiger partial charge in [-0.15, -0.1) is 0 Å². The van der Waals surface area contributed by atoms with Crippen molar-refractivity contribution >= 4 is 39.4 Å². The van der Waals surface area contributed by atoms with Gasteiger partial charge in [0.15, 0.2) is 0 Å². The maximum absolute atomic E-state index is 12.9. The Labute approximate surface area is 183 Å². The highest BCUT2D eigenvalue weighted by molar-refractivity contribution is 7.89. The van der Waals surface area contributed by atoms with Gasteiger partial charge in [-0.2, -0.15) is 10.1 Å². The van der Waals surface area contributed by atoms with Gasteiger partial charge in [-0.05, 0) is 73.7 Å². The predicted molar refractivity (Wildman–Crippen MR) is 117 cm³/mol. The molecule has 1 amide bonds. The van der Waals surface area contributed by atoms with E-state index in [0.717, 1.165) is 0 Å². The van der Waals surface area contributed by atoms with Crippen molar-refractivity contribution in [3.8, 4) is 11.3 Å². The van der Waals surface area contributed by atoms with Crippen LogP contribution in [0, 0.1) is 0 Å². The molecule has 0 atom stereocenters. The Morgan fingerprint density at radius 2 is 1.72 bits per heavy atom. The molecule has 1 aliphatic heterocycles. The van der Waals surface area contributed by atoms with Crippen LogP contribution in [0.1, 0.15) is 23.0 Å². The Morgan fingerprint density at radius 3 is 2.31 bits per heavy atom. The van der Waals surface area contributed by atoms with Gasteiger partial charge in [0, 0.05) is 5.56 Å². The number of carboxylic acids is 1. The summed E-state index contributed by atoms with van der Waals surface area (Å²) in [7, 11) is -3.78. The molecule has 0 radical (unpaired) electrons. The standard InChI is InChI=1S/C22H17N3O6S/c1-13-19(21(26)25(24-13)16-6-2-15(3-7-16)22(27)28)12-17-8-11-20(31-17)14-4-9-18(10-5-14)32(23,29)30/h2-12H,1H3,(H,27,28)(H2,23,29,30)/b19-12-. The average Bonchev–Trinajstić information content (AvgIpc) is 3.33. The van der Waals surface area contributed by atoms with Gasteiger partial charge in [0.1, 0.15) is 11.5 Å². The highest BCUT2D eigenvalue weighted by atomic mass is 32.2. The summed E-state index contributed by atoms with van der Waals surface area (Å²) in [5.41, 5.74) is 2.01. The Balaban J connectivity index is 1.57. The largest absolute Gasteiger partial charge is 0.478 e. The lowest BCUT2D eigenvalue weighted by Crippen LogP contribution is -2.21. The lowest BCUT2D eigenvalue weighted by molar-refractivity contribution is -0.114. The summed E-state index contributed by atoms with van der Waals surface area (Å²) in [6.45, 7) is 1.69. The normalized spacial score (nSPS) is 15.3. The molecule has 4 rings (SSSR count). The Morgan fingerprint density at radius 1 is 1.06 bits per heavy atom. The monoisotopic (exact) mass is 451 g/mol. The van der Waals surface area contributed by atoms with Crippen LogP contribution in [0.4, 0.5) is 5.69 Å². The van der Waals surface area contributed by atoms with Crippen molar-refractivity contribution in [2.45, 2.75) is 11.8 Å². The number of aromatic carboxylic acids is 1. The van der Waals surface area contributed by atoms with Gasteiger partial charge in [-0.25, -0.2) is 18.4 Å². The number of carbonyl (C=O) groups is 2. The number of sulfonamides is 1. The lowest BCUT2D eigenvalue weighted by Gasteiger charge is -2.11. The zero-order valence-corrected chi connectivity index (χ0v) is 17.5. The predicted octanol–water partition coefficient (Wildman–Crippen LogP) is 3.10. The first-order valence-electron chi connectivity index (χ1n) is 9.31. The first-order valence-corrected chi connectivity index (χ1v) is 10.9. The molecular formula is C22H17N3O6S. The maximum atomic E-state index is 12.9. The van der Waals surface area contributed by atoms with E-state index in [9.17, 15) is 18.0 Å². The molecular weight excluding hydrogens is 434 g/mol. The summed E-state index contributed by atoms with van der Waals surface area (Å²) >= 11 is 0. The molecule has 0 fully saturated rings. The summed E-state index contributed by atoms with van der Waals surface area (Å²) in [4.78, 5) is 23.9. The van der Waals surface area contributed by atoms with Crippen LogP contribution in [0.2, 0.25) is 0 Å². The minimum absolute atomic E-state index is 0.00462. The average molecular weight is 451 g/mol. The third-order valence-corrected chi connectivity index (χ3v) is 5.73. The molecule has 0 saturated carbocycles. The minimum atomic E-state index is -3.78. The Bertz CT molecular complexity index is 1380. The number of benzene rings is 2. The smallest absolute Gasteiger partial charge is 0.335 e. The number of hydrogen-bond acceptors (Lipinski definition) is 6. The van der Waals surface area contributed by atoms with Crippen molar-refractivity contribution in [1.82, 2.24) is 0 Å². The van der Waals surface area contributed by atoms with E-state index in [2.05, 4.69) is 5.10 Å². The molecule has 9 nitrogen and oxygen atoms in total. The number of rotatable bonds is 5. The number of amides is 1. The van der Waals surface area contributed by atoms with Gasteiger partial charge in [0.25, 0.3) is 5.91 Å². The number of furan rings is 1. The minimum Gasteiger partial charge on any atom is -0.478 e. The number of primary sulfonamides is 1. The van der Waals surface area contributed by atoms with Crippen molar-refractivity contribution in [3.63, 3.8) is 0 Å². The van der Waals surface area contributed by atoms with Crippen LogP contribution in [0.15, 0.2) is 80.7 Å². The van der Waals surface area contributed by atoms with E-state index < -0.39 is 16.0 Å². The van der Waals surface area contributed by atoms with Gasteiger partial charge in [0.2, 0.25) is 10.0 Å². The maximum Gasteiger partial charge on any atom is 0.335 e. The lowest BCUT2D eigenvalue weighted by atomic mass is 10.1. The fourth-order valence-corrected chi connectivity index (χ4v) is 3.66. The van der Waals surface area contributed by atoms with Gasteiger partial charge < -0.3 is 9.52 Å². The molecule has 2 aromatic carbocycles. The van der Waals surface area contributed by atoms with Crippen LogP contribution < -0.4 is 10.1 Å². The van der Waals surface area contributed by atoms with Crippen LogP contribution >= 0.6 is 0 Å². The van der Waals surface area contributed by atoms with Crippen molar-refractivity contribution in [1.29, 1.82) is 0 Å². The van der Waals surface area contributed by atoms with E-state index in [4.69, 9.17) is 14.7 Å². The molecule has 32 heavy (non-hydrogen) atoms. The summed E-state index contributed by atoms with van der Waals surface area (Å²) in [5, 5.41) is 19.6. The molecule has 3 aromatic rings. The number of carboxylic acid groups (broad SMARTS) is 1. The second-order valence-corrected chi connectivity index (χ2v) is 8.55. The number of nitrogens with two attached hydrogens (primary N) is 1. The van der Waals surface area contributed by atoms with Crippen LogP contribution in [0.5, 0.6) is 0 Å². The molecule has 0 aliphatic carbocycles. The zero-order valence-electron chi connectivity index (χ0n) is 16.7. The van der Waals surface area contributed by atoms with Crippen LogP contribution in [-0.2, 0) is 14.8 Å². The fourth-order valence-electron chi connectivity index (χ4n) is 3.14. The number of hydrazone groups is 1. The van der Waals surface area contributed by atoms with E-state index in [0.29, 0.717) is 34.1 Å². The molecule has 1 aliphatic rings. The molecule has 0 spiro atoms. The molecule has 1 aromatic heterocycles. The van der Waals surface area contributed by atoms with Gasteiger partial charge >= 0.3 is 5.97 Å². The first kappa shape index (κ1) is 21.2. The highest BCUT2D eigenvalue weighted by Gasteiger charge is 2.29. The SMILES string of the molecule is CC1=NN(c2ccc(C(=O)O)cc2)C(=O)/C1=C\c1ccc(-c2ccc(S(N)(=O)=O)cc2)o1. The van der Waals surface area contributed by atoms with Gasteiger partial charge in [0.05, 0.1) is 27.4 Å². The van der Waals surface area contributed by atoms with E-state index in [1.165, 1.54) is 41.4 Å². The number of nitrogens with zero attached hydrogens (tertiary/aromatic N) is 2. The van der Waals surface area contributed by atoms with Crippen LogP contribution in [-0.4, -0.2) is 31.1 Å². The topological polar surface area (TPSA) is 143 Å². The summed E-state index contributed by atoms with van der Waals surface area (Å²) in [6, 6.07) is 15.1. The van der Waals surface area contributed by atoms with Gasteiger partial charge in [-0.1, -0.05) is 0 Å². The van der Waals surface area contributed by atoms with Crippen molar-refractivity contribution in [2.75, 3.05) is 5.01 Å². The van der Waals surface area contributed by atoms with Crippen molar-refractivity contribution < 1.29 is 27.5 Å². The van der Waals surface area contributed by atoms with Gasteiger partial charge in [-0.3, -0.25) is 4.79 Å². The Kier molecular flexibility index (Phi) is 5.25. The van der Waals surface area contributed by atoms with E-state index in [1.807, 2.05) is 0 Å². The molecule has 0 unspecified atom stereocenters. The molecule has 2 heterocycles. The van der Waals surface area contributed by atoms with E-state index in [1.54, 1.807) is 37.3 Å². The molecule has 3 N–H and O–H groups in total. The first-order chi connectivity index (χ1) is 15.1. The Hall–Kier alpha value is -4.02. The third-order valence-electron chi connectivity index (χ3n) is 4.80.